The number of nitrogens with zero attached hydrogens (tertiary/aromatic N) is 1. The van der Waals surface area contributed by atoms with E-state index in [-0.39, 0.29) is 5.56 Å². The number of hydrogen-bond donors (Lipinski definition) is 1. The summed E-state index contributed by atoms with van der Waals surface area (Å²) in [6.45, 7) is 1.95. The van der Waals surface area contributed by atoms with Crippen LogP contribution >= 0.6 is 0 Å². The Morgan fingerprint density at radius 1 is 1.39 bits per heavy atom. The Morgan fingerprint density at radius 2 is 2.17 bits per heavy atom. The average molecular weight is 244 g/mol. The molecule has 1 aliphatic carbocycles. The van der Waals surface area contributed by atoms with Crippen molar-refractivity contribution in [3.8, 4) is 11.6 Å². The molecule has 0 aromatic carbocycles. The van der Waals surface area contributed by atoms with E-state index in [1.54, 1.807) is 12.3 Å². The van der Waals surface area contributed by atoms with Crippen LogP contribution in [0.4, 0.5) is 0 Å². The quantitative estimate of drug-likeness (QED) is 0.883. The van der Waals surface area contributed by atoms with Gasteiger partial charge in [0.25, 0.3) is 5.56 Å². The van der Waals surface area contributed by atoms with Gasteiger partial charge in [0.05, 0.1) is 12.0 Å². The molecule has 2 aromatic heterocycles. The van der Waals surface area contributed by atoms with Crippen molar-refractivity contribution in [1.29, 1.82) is 0 Å². The molecule has 18 heavy (non-hydrogen) atoms. The highest BCUT2D eigenvalue weighted by atomic mass is 16.3. The zero-order valence-electron chi connectivity index (χ0n) is 10.4. The van der Waals surface area contributed by atoms with Gasteiger partial charge in [-0.1, -0.05) is 12.8 Å². The lowest BCUT2D eigenvalue weighted by molar-refractivity contribution is 0.573. The zero-order valence-corrected chi connectivity index (χ0v) is 10.4. The van der Waals surface area contributed by atoms with Crippen LogP contribution in [-0.2, 0) is 0 Å². The lowest BCUT2D eigenvalue weighted by atomic mass is 10.0. The van der Waals surface area contributed by atoms with Gasteiger partial charge in [0.1, 0.15) is 0 Å². The summed E-state index contributed by atoms with van der Waals surface area (Å²) in [5.41, 5.74) is 1.79. The highest BCUT2D eigenvalue weighted by molar-refractivity contribution is 5.51. The molecule has 0 atom stereocenters. The van der Waals surface area contributed by atoms with Gasteiger partial charge >= 0.3 is 0 Å². The fourth-order valence-corrected chi connectivity index (χ4v) is 2.63. The van der Waals surface area contributed by atoms with Crippen LogP contribution in [0.15, 0.2) is 27.6 Å². The first-order valence-electron chi connectivity index (χ1n) is 6.40. The topological polar surface area (TPSA) is 58.9 Å². The number of aromatic amines is 1. The standard InChI is InChI=1S/C14H16N2O2/c1-9-6-7-18-13(9)14-15-11(8-12(17)16-14)10-4-2-3-5-10/h6-8,10H,2-5H2,1H3,(H,15,16,17). The van der Waals surface area contributed by atoms with E-state index in [2.05, 4.69) is 9.97 Å². The maximum atomic E-state index is 11.7. The Bertz CT molecular complexity index is 606. The number of aryl methyl sites for hydroxylation is 1. The first-order chi connectivity index (χ1) is 8.74. The highest BCUT2D eigenvalue weighted by Gasteiger charge is 2.20. The summed E-state index contributed by atoms with van der Waals surface area (Å²) in [7, 11) is 0. The number of furan rings is 1. The van der Waals surface area contributed by atoms with Gasteiger partial charge in [-0.2, -0.15) is 0 Å². The molecule has 2 aromatic rings. The minimum Gasteiger partial charge on any atom is -0.461 e. The Labute approximate surface area is 105 Å². The van der Waals surface area contributed by atoms with E-state index in [1.807, 2.05) is 13.0 Å². The molecule has 0 amide bonds. The van der Waals surface area contributed by atoms with Gasteiger partial charge in [-0.25, -0.2) is 4.98 Å². The number of hydrogen-bond acceptors (Lipinski definition) is 3. The summed E-state index contributed by atoms with van der Waals surface area (Å²) in [5, 5.41) is 0. The first-order valence-corrected chi connectivity index (χ1v) is 6.40. The van der Waals surface area contributed by atoms with E-state index < -0.39 is 0 Å². The second kappa shape index (κ2) is 4.44. The molecule has 0 radical (unpaired) electrons. The van der Waals surface area contributed by atoms with E-state index in [1.165, 1.54) is 12.8 Å². The monoisotopic (exact) mass is 244 g/mol. The van der Waals surface area contributed by atoms with Crippen molar-refractivity contribution < 1.29 is 4.42 Å². The second-order valence-electron chi connectivity index (χ2n) is 4.93. The number of nitrogens with one attached hydrogen (secondary N) is 1. The average Bonchev–Trinajstić information content (AvgIpc) is 2.98. The van der Waals surface area contributed by atoms with Gasteiger partial charge in [0, 0.05) is 12.0 Å². The minimum absolute atomic E-state index is 0.0994. The molecule has 1 N–H and O–H groups in total. The maximum Gasteiger partial charge on any atom is 0.251 e. The summed E-state index contributed by atoms with van der Waals surface area (Å²) >= 11 is 0. The largest absolute Gasteiger partial charge is 0.461 e. The van der Waals surface area contributed by atoms with Crippen LogP contribution in [0.5, 0.6) is 0 Å². The number of rotatable bonds is 2. The molecule has 2 heterocycles. The molecule has 0 unspecified atom stereocenters. The molecule has 94 valence electrons. The van der Waals surface area contributed by atoms with Crippen molar-refractivity contribution in [2.24, 2.45) is 0 Å². The first kappa shape index (κ1) is 11.3. The van der Waals surface area contributed by atoms with Crippen molar-refractivity contribution in [2.45, 2.75) is 38.5 Å². The third kappa shape index (κ3) is 1.98. The van der Waals surface area contributed by atoms with E-state index in [0.29, 0.717) is 17.5 Å². The number of aromatic nitrogens is 2. The van der Waals surface area contributed by atoms with E-state index in [0.717, 1.165) is 24.1 Å². The molecular formula is C14H16N2O2. The van der Waals surface area contributed by atoms with Crippen molar-refractivity contribution >= 4 is 0 Å². The van der Waals surface area contributed by atoms with Gasteiger partial charge in [-0.05, 0) is 31.4 Å². The summed E-state index contributed by atoms with van der Waals surface area (Å²) in [4.78, 5) is 19.1. The summed E-state index contributed by atoms with van der Waals surface area (Å²) < 4.78 is 5.39. The van der Waals surface area contributed by atoms with Gasteiger partial charge in [-0.15, -0.1) is 0 Å². The van der Waals surface area contributed by atoms with Gasteiger partial charge < -0.3 is 9.40 Å². The molecule has 0 aliphatic heterocycles. The Balaban J connectivity index is 2.06. The molecule has 1 fully saturated rings. The van der Waals surface area contributed by atoms with E-state index >= 15 is 0 Å². The normalized spacial score (nSPS) is 16.3. The predicted molar refractivity (Wildman–Crippen MR) is 68.5 cm³/mol. The van der Waals surface area contributed by atoms with E-state index in [4.69, 9.17) is 4.42 Å². The van der Waals surface area contributed by atoms with Gasteiger partial charge in [0.15, 0.2) is 11.6 Å². The number of H-pyrrole nitrogens is 1. The Morgan fingerprint density at radius 3 is 2.83 bits per heavy atom. The lowest BCUT2D eigenvalue weighted by Crippen LogP contribution is -2.12. The molecule has 3 rings (SSSR count). The third-order valence-electron chi connectivity index (χ3n) is 3.61. The zero-order chi connectivity index (χ0) is 12.5. The van der Waals surface area contributed by atoms with Crippen LogP contribution < -0.4 is 5.56 Å². The van der Waals surface area contributed by atoms with Crippen molar-refractivity contribution in [3.05, 3.63) is 40.0 Å². The van der Waals surface area contributed by atoms with Crippen LogP contribution in [0.3, 0.4) is 0 Å². The molecule has 0 spiro atoms. The van der Waals surface area contributed by atoms with Crippen LogP contribution in [0.25, 0.3) is 11.6 Å². The summed E-state index contributed by atoms with van der Waals surface area (Å²) in [6, 6.07) is 3.50. The fourth-order valence-electron chi connectivity index (χ4n) is 2.63. The molecule has 1 aliphatic rings. The van der Waals surface area contributed by atoms with Crippen LogP contribution in [-0.4, -0.2) is 9.97 Å². The molecule has 4 heteroatoms. The minimum atomic E-state index is -0.0994. The summed E-state index contributed by atoms with van der Waals surface area (Å²) in [5.74, 6) is 1.64. The Hall–Kier alpha value is -1.84. The molecule has 1 saturated carbocycles. The highest BCUT2D eigenvalue weighted by Crippen LogP contribution is 2.33. The van der Waals surface area contributed by atoms with Crippen molar-refractivity contribution in [3.63, 3.8) is 0 Å². The summed E-state index contributed by atoms with van der Waals surface area (Å²) in [6.07, 6.45) is 6.34. The van der Waals surface area contributed by atoms with Crippen molar-refractivity contribution in [1.82, 2.24) is 9.97 Å². The van der Waals surface area contributed by atoms with Gasteiger partial charge in [-0.3, -0.25) is 4.79 Å². The molecule has 4 nitrogen and oxygen atoms in total. The molecular weight excluding hydrogens is 228 g/mol. The van der Waals surface area contributed by atoms with Crippen LogP contribution in [0, 0.1) is 6.92 Å². The molecule has 0 bridgehead atoms. The SMILES string of the molecule is Cc1ccoc1-c1nc(C2CCCC2)cc(=O)[nH]1. The van der Waals surface area contributed by atoms with Crippen molar-refractivity contribution in [2.75, 3.05) is 0 Å². The predicted octanol–water partition coefficient (Wildman–Crippen LogP) is 3.00. The Kier molecular flexibility index (Phi) is 2.78. The second-order valence-corrected chi connectivity index (χ2v) is 4.93. The van der Waals surface area contributed by atoms with Crippen LogP contribution in [0.1, 0.15) is 42.9 Å². The smallest absolute Gasteiger partial charge is 0.251 e. The fraction of sp³-hybridized carbons (Fsp3) is 0.429. The van der Waals surface area contributed by atoms with Gasteiger partial charge in [0.2, 0.25) is 0 Å². The van der Waals surface area contributed by atoms with E-state index in [9.17, 15) is 4.79 Å². The third-order valence-corrected chi connectivity index (χ3v) is 3.61. The maximum absolute atomic E-state index is 11.7. The van der Waals surface area contributed by atoms with Crippen LogP contribution in [0.2, 0.25) is 0 Å². The molecule has 0 saturated heterocycles. The lowest BCUT2D eigenvalue weighted by Gasteiger charge is -2.09.